The molecule has 3 nitrogen and oxygen atoms in total. The Labute approximate surface area is 149 Å². The first-order valence-electron chi connectivity index (χ1n) is 10.4. The lowest BCUT2D eigenvalue weighted by Crippen LogP contribution is -2.46. The van der Waals surface area contributed by atoms with E-state index in [9.17, 15) is 0 Å². The molecule has 0 aromatic carbocycles. The van der Waals surface area contributed by atoms with Crippen molar-refractivity contribution >= 4 is 0 Å². The molecule has 3 fully saturated rings. The maximum Gasteiger partial charge on any atom is 0.171 e. The Bertz CT molecular complexity index is 419. The van der Waals surface area contributed by atoms with Crippen LogP contribution >= 0.6 is 0 Å². The Morgan fingerprint density at radius 2 is 2.00 bits per heavy atom. The molecule has 3 aliphatic rings. The monoisotopic (exact) mass is 337 g/mol. The summed E-state index contributed by atoms with van der Waals surface area (Å²) in [6.07, 6.45) is 7.89. The molecule has 0 amide bonds. The standard InChI is InChI=1S/C21H39NO2/c1-6-17-8-7-11-22(13-17)14-19-15-23-21(24-19)10-9-18(12-16(21)2)20(3,4)5/h16-19H,6-15H2,1-5H3. The highest BCUT2D eigenvalue weighted by molar-refractivity contribution is 4.93. The van der Waals surface area contributed by atoms with Crippen LogP contribution in [0.3, 0.4) is 0 Å². The number of piperidine rings is 1. The molecule has 140 valence electrons. The van der Waals surface area contributed by atoms with Gasteiger partial charge in [0.1, 0.15) is 0 Å². The summed E-state index contributed by atoms with van der Waals surface area (Å²) in [4.78, 5) is 2.62. The lowest BCUT2D eigenvalue weighted by molar-refractivity contribution is -0.228. The highest BCUT2D eigenvalue weighted by atomic mass is 16.7. The van der Waals surface area contributed by atoms with E-state index in [1.807, 2.05) is 0 Å². The molecule has 2 heterocycles. The van der Waals surface area contributed by atoms with Crippen LogP contribution < -0.4 is 0 Å². The van der Waals surface area contributed by atoms with Crippen molar-refractivity contribution < 1.29 is 9.47 Å². The minimum Gasteiger partial charge on any atom is -0.347 e. The van der Waals surface area contributed by atoms with Crippen molar-refractivity contribution in [2.45, 2.75) is 85.0 Å². The van der Waals surface area contributed by atoms with E-state index < -0.39 is 0 Å². The van der Waals surface area contributed by atoms with E-state index in [4.69, 9.17) is 9.47 Å². The van der Waals surface area contributed by atoms with E-state index in [1.54, 1.807) is 0 Å². The molecular formula is C21H39NO2. The van der Waals surface area contributed by atoms with Crippen LogP contribution in [0, 0.1) is 23.2 Å². The van der Waals surface area contributed by atoms with Crippen LogP contribution in [0.4, 0.5) is 0 Å². The molecule has 1 spiro atoms. The van der Waals surface area contributed by atoms with Crippen molar-refractivity contribution in [1.29, 1.82) is 0 Å². The quantitative estimate of drug-likeness (QED) is 0.745. The maximum atomic E-state index is 6.57. The van der Waals surface area contributed by atoms with Gasteiger partial charge in [0.2, 0.25) is 0 Å². The van der Waals surface area contributed by atoms with Crippen LogP contribution in [-0.2, 0) is 9.47 Å². The fourth-order valence-electron chi connectivity index (χ4n) is 5.13. The largest absolute Gasteiger partial charge is 0.347 e. The molecule has 1 saturated carbocycles. The summed E-state index contributed by atoms with van der Waals surface area (Å²) in [6, 6.07) is 0. The number of ether oxygens (including phenoxy) is 2. The van der Waals surface area contributed by atoms with E-state index in [1.165, 1.54) is 45.2 Å². The lowest BCUT2D eigenvalue weighted by atomic mass is 9.67. The normalized spacial score (nSPS) is 41.9. The van der Waals surface area contributed by atoms with E-state index in [2.05, 4.69) is 39.5 Å². The molecule has 5 unspecified atom stereocenters. The minimum atomic E-state index is -0.285. The zero-order valence-corrected chi connectivity index (χ0v) is 16.6. The second-order valence-corrected chi connectivity index (χ2v) is 9.78. The second kappa shape index (κ2) is 7.25. The summed E-state index contributed by atoms with van der Waals surface area (Å²) < 4.78 is 12.9. The number of rotatable bonds is 3. The molecule has 0 radical (unpaired) electrons. The van der Waals surface area contributed by atoms with Gasteiger partial charge in [-0.2, -0.15) is 0 Å². The smallest absolute Gasteiger partial charge is 0.171 e. The Balaban J connectivity index is 1.53. The molecule has 0 aromatic rings. The number of hydrogen-bond donors (Lipinski definition) is 0. The summed E-state index contributed by atoms with van der Waals surface area (Å²) in [5, 5.41) is 0. The highest BCUT2D eigenvalue weighted by Crippen LogP contribution is 2.48. The molecule has 5 atom stereocenters. The van der Waals surface area contributed by atoms with Crippen LogP contribution in [0.25, 0.3) is 0 Å². The van der Waals surface area contributed by atoms with Crippen molar-refractivity contribution in [2.75, 3.05) is 26.2 Å². The van der Waals surface area contributed by atoms with Crippen molar-refractivity contribution in [3.8, 4) is 0 Å². The average molecular weight is 338 g/mol. The molecule has 24 heavy (non-hydrogen) atoms. The summed E-state index contributed by atoms with van der Waals surface area (Å²) in [5.74, 6) is 1.89. The van der Waals surface area contributed by atoms with E-state index in [0.29, 0.717) is 11.3 Å². The Morgan fingerprint density at radius 3 is 2.67 bits per heavy atom. The molecule has 0 N–H and O–H groups in total. The van der Waals surface area contributed by atoms with E-state index in [-0.39, 0.29) is 11.9 Å². The third-order valence-electron chi connectivity index (χ3n) is 6.98. The molecule has 3 heteroatoms. The van der Waals surface area contributed by atoms with Gasteiger partial charge in [0.05, 0.1) is 12.7 Å². The van der Waals surface area contributed by atoms with Crippen molar-refractivity contribution in [1.82, 2.24) is 4.90 Å². The summed E-state index contributed by atoms with van der Waals surface area (Å²) in [7, 11) is 0. The van der Waals surface area contributed by atoms with Gasteiger partial charge in [-0.05, 0) is 49.5 Å². The Morgan fingerprint density at radius 1 is 1.21 bits per heavy atom. The van der Waals surface area contributed by atoms with Gasteiger partial charge in [0.25, 0.3) is 0 Å². The zero-order chi connectivity index (χ0) is 17.4. The van der Waals surface area contributed by atoms with Gasteiger partial charge >= 0.3 is 0 Å². The fraction of sp³-hybridized carbons (Fsp3) is 1.00. The van der Waals surface area contributed by atoms with E-state index in [0.717, 1.165) is 31.4 Å². The molecule has 2 saturated heterocycles. The lowest BCUT2D eigenvalue weighted by Gasteiger charge is -2.45. The summed E-state index contributed by atoms with van der Waals surface area (Å²) in [6.45, 7) is 16.1. The predicted molar refractivity (Wildman–Crippen MR) is 99.0 cm³/mol. The van der Waals surface area contributed by atoms with Gasteiger partial charge < -0.3 is 14.4 Å². The van der Waals surface area contributed by atoms with E-state index >= 15 is 0 Å². The van der Waals surface area contributed by atoms with Crippen LogP contribution in [0.15, 0.2) is 0 Å². The molecule has 0 bridgehead atoms. The van der Waals surface area contributed by atoms with Crippen molar-refractivity contribution in [3.63, 3.8) is 0 Å². The Kier molecular flexibility index (Phi) is 5.64. The first kappa shape index (κ1) is 18.7. The number of hydrogen-bond acceptors (Lipinski definition) is 3. The van der Waals surface area contributed by atoms with Crippen LogP contribution in [0.1, 0.15) is 73.1 Å². The molecular weight excluding hydrogens is 298 g/mol. The third-order valence-corrected chi connectivity index (χ3v) is 6.98. The maximum absolute atomic E-state index is 6.57. The summed E-state index contributed by atoms with van der Waals surface area (Å²) in [5.41, 5.74) is 0.400. The minimum absolute atomic E-state index is 0.272. The third kappa shape index (κ3) is 3.99. The van der Waals surface area contributed by atoms with Crippen LogP contribution in [0.2, 0.25) is 0 Å². The second-order valence-electron chi connectivity index (χ2n) is 9.78. The van der Waals surface area contributed by atoms with Gasteiger partial charge in [0, 0.05) is 25.4 Å². The first-order valence-corrected chi connectivity index (χ1v) is 10.4. The van der Waals surface area contributed by atoms with Gasteiger partial charge in [-0.1, -0.05) is 41.0 Å². The van der Waals surface area contributed by atoms with Gasteiger partial charge in [-0.3, -0.25) is 0 Å². The van der Waals surface area contributed by atoms with Crippen molar-refractivity contribution in [3.05, 3.63) is 0 Å². The van der Waals surface area contributed by atoms with Gasteiger partial charge in [0.15, 0.2) is 5.79 Å². The predicted octanol–water partition coefficient (Wildman–Crippen LogP) is 4.70. The first-order chi connectivity index (χ1) is 11.3. The Hall–Kier alpha value is -0.120. The molecule has 2 aliphatic heterocycles. The summed E-state index contributed by atoms with van der Waals surface area (Å²) >= 11 is 0. The fourth-order valence-corrected chi connectivity index (χ4v) is 5.13. The average Bonchev–Trinajstić information content (AvgIpc) is 2.93. The van der Waals surface area contributed by atoms with Gasteiger partial charge in [-0.25, -0.2) is 0 Å². The topological polar surface area (TPSA) is 21.7 Å². The molecule has 1 aliphatic carbocycles. The van der Waals surface area contributed by atoms with Gasteiger partial charge in [-0.15, -0.1) is 0 Å². The van der Waals surface area contributed by atoms with Crippen molar-refractivity contribution in [2.24, 2.45) is 23.2 Å². The molecule has 3 rings (SSSR count). The number of likely N-dealkylation sites (tertiary alicyclic amines) is 1. The molecule has 0 aromatic heterocycles. The van der Waals surface area contributed by atoms with Crippen LogP contribution in [-0.4, -0.2) is 43.0 Å². The number of nitrogens with zero attached hydrogens (tertiary/aromatic N) is 1. The highest BCUT2D eigenvalue weighted by Gasteiger charge is 2.50. The zero-order valence-electron chi connectivity index (χ0n) is 16.6. The van der Waals surface area contributed by atoms with Crippen LogP contribution in [0.5, 0.6) is 0 Å². The SMILES string of the molecule is CCC1CCCN(CC2COC3(CCC(C(C)(C)C)CC3C)O2)C1.